The van der Waals surface area contributed by atoms with E-state index in [1.165, 1.54) is 57.8 Å². The standard InChI is InChI=1S/C13H25NO2.ClH/c15-13(16)14-12-10-8-6-4-2-1-3-5-7-9-11-12;/h12,14H,1-11H2,(H,15,16);1H. The predicted octanol–water partition coefficient (Wildman–Crippen LogP) is 4.35. The fourth-order valence-electron chi connectivity index (χ4n) is 2.48. The first-order valence-corrected chi connectivity index (χ1v) is 6.78. The van der Waals surface area contributed by atoms with Gasteiger partial charge in [-0.05, 0) is 12.8 Å². The van der Waals surface area contributed by atoms with Gasteiger partial charge in [-0.25, -0.2) is 4.79 Å². The monoisotopic (exact) mass is 263 g/mol. The Kier molecular flexibility index (Phi) is 10.4. The maximum atomic E-state index is 10.6. The minimum Gasteiger partial charge on any atom is -0.465 e. The van der Waals surface area contributed by atoms with Gasteiger partial charge in [0.2, 0.25) is 0 Å². The van der Waals surface area contributed by atoms with Crippen LogP contribution in [0.25, 0.3) is 0 Å². The normalized spacial score (nSPS) is 20.5. The number of halogens is 1. The van der Waals surface area contributed by atoms with Crippen LogP contribution in [0.4, 0.5) is 4.79 Å². The highest BCUT2D eigenvalue weighted by Gasteiger charge is 2.11. The van der Waals surface area contributed by atoms with E-state index < -0.39 is 6.09 Å². The van der Waals surface area contributed by atoms with Crippen LogP contribution in [-0.4, -0.2) is 17.2 Å². The van der Waals surface area contributed by atoms with Crippen molar-refractivity contribution >= 4 is 18.5 Å². The van der Waals surface area contributed by atoms with Crippen LogP contribution in [0.2, 0.25) is 0 Å². The van der Waals surface area contributed by atoms with Crippen LogP contribution in [0.15, 0.2) is 0 Å². The van der Waals surface area contributed by atoms with Gasteiger partial charge in [0.05, 0.1) is 0 Å². The summed E-state index contributed by atoms with van der Waals surface area (Å²) >= 11 is 0. The second-order valence-electron chi connectivity index (χ2n) is 4.91. The van der Waals surface area contributed by atoms with E-state index in [1.807, 2.05) is 0 Å². The minimum atomic E-state index is -0.864. The second kappa shape index (κ2) is 10.7. The largest absolute Gasteiger partial charge is 0.465 e. The van der Waals surface area contributed by atoms with Crippen LogP contribution < -0.4 is 5.32 Å². The molecule has 1 aliphatic carbocycles. The van der Waals surface area contributed by atoms with Gasteiger partial charge in [0.15, 0.2) is 0 Å². The van der Waals surface area contributed by atoms with Crippen LogP contribution >= 0.6 is 12.4 Å². The number of carbonyl (C=O) groups is 1. The van der Waals surface area contributed by atoms with Crippen LogP contribution in [0, 0.1) is 0 Å². The van der Waals surface area contributed by atoms with Gasteiger partial charge in [-0.2, -0.15) is 0 Å². The van der Waals surface area contributed by atoms with E-state index in [9.17, 15) is 4.79 Å². The average Bonchev–Trinajstić information content (AvgIpc) is 2.21. The lowest BCUT2D eigenvalue weighted by molar-refractivity contribution is 0.187. The molecule has 102 valence electrons. The molecule has 2 N–H and O–H groups in total. The van der Waals surface area contributed by atoms with Crippen molar-refractivity contribution < 1.29 is 9.90 Å². The van der Waals surface area contributed by atoms with E-state index >= 15 is 0 Å². The Morgan fingerprint density at radius 2 is 1.18 bits per heavy atom. The number of amides is 1. The third kappa shape index (κ3) is 9.28. The van der Waals surface area contributed by atoms with E-state index in [-0.39, 0.29) is 18.4 Å². The molecule has 4 heteroatoms. The molecule has 1 fully saturated rings. The lowest BCUT2D eigenvalue weighted by atomic mass is 9.98. The summed E-state index contributed by atoms with van der Waals surface area (Å²) in [4.78, 5) is 10.6. The summed E-state index contributed by atoms with van der Waals surface area (Å²) < 4.78 is 0. The second-order valence-corrected chi connectivity index (χ2v) is 4.91. The molecule has 0 atom stereocenters. The van der Waals surface area contributed by atoms with Crippen molar-refractivity contribution in [2.75, 3.05) is 0 Å². The van der Waals surface area contributed by atoms with Gasteiger partial charge >= 0.3 is 6.09 Å². The summed E-state index contributed by atoms with van der Waals surface area (Å²) in [6.07, 6.45) is 12.8. The molecule has 0 spiro atoms. The van der Waals surface area contributed by atoms with Gasteiger partial charge in [0, 0.05) is 6.04 Å². The van der Waals surface area contributed by atoms with Gasteiger partial charge < -0.3 is 10.4 Å². The number of nitrogens with one attached hydrogen (secondary N) is 1. The summed E-state index contributed by atoms with van der Waals surface area (Å²) in [5.74, 6) is 0. The van der Waals surface area contributed by atoms with Crippen molar-refractivity contribution in [2.45, 2.75) is 76.7 Å². The maximum absolute atomic E-state index is 10.6. The topological polar surface area (TPSA) is 49.3 Å². The average molecular weight is 264 g/mol. The Balaban J connectivity index is 0.00000256. The molecule has 0 unspecified atom stereocenters. The fraction of sp³-hybridized carbons (Fsp3) is 0.923. The van der Waals surface area contributed by atoms with Crippen LogP contribution in [0.3, 0.4) is 0 Å². The first kappa shape index (κ1) is 16.6. The third-order valence-corrected chi connectivity index (χ3v) is 3.43. The molecule has 1 amide bonds. The molecular weight excluding hydrogens is 238 g/mol. The molecule has 3 nitrogen and oxygen atoms in total. The van der Waals surface area contributed by atoms with E-state index in [0.717, 1.165) is 12.8 Å². The maximum Gasteiger partial charge on any atom is 0.404 e. The molecule has 0 bridgehead atoms. The zero-order valence-electron chi connectivity index (χ0n) is 10.6. The minimum absolute atomic E-state index is 0. The smallest absolute Gasteiger partial charge is 0.404 e. The first-order valence-electron chi connectivity index (χ1n) is 6.78. The highest BCUT2D eigenvalue weighted by atomic mass is 35.5. The predicted molar refractivity (Wildman–Crippen MR) is 73.0 cm³/mol. The van der Waals surface area contributed by atoms with Crippen LogP contribution in [0.5, 0.6) is 0 Å². The zero-order chi connectivity index (χ0) is 11.6. The molecule has 0 aromatic rings. The van der Waals surface area contributed by atoms with Gasteiger partial charge in [-0.15, -0.1) is 12.4 Å². The molecule has 1 aliphatic rings. The summed E-state index contributed by atoms with van der Waals surface area (Å²) in [7, 11) is 0. The quantitative estimate of drug-likeness (QED) is 0.739. The zero-order valence-corrected chi connectivity index (χ0v) is 11.4. The van der Waals surface area contributed by atoms with Crippen molar-refractivity contribution in [3.05, 3.63) is 0 Å². The first-order chi connectivity index (χ1) is 7.79. The third-order valence-electron chi connectivity index (χ3n) is 3.43. The number of carboxylic acid groups (broad SMARTS) is 1. The van der Waals surface area contributed by atoms with Gasteiger partial charge in [0.1, 0.15) is 0 Å². The number of hydrogen-bond acceptors (Lipinski definition) is 1. The summed E-state index contributed by atoms with van der Waals surface area (Å²) in [5, 5.41) is 11.4. The lowest BCUT2D eigenvalue weighted by Crippen LogP contribution is -2.33. The van der Waals surface area contributed by atoms with Gasteiger partial charge in [-0.3, -0.25) is 0 Å². The van der Waals surface area contributed by atoms with E-state index in [0.29, 0.717) is 0 Å². The van der Waals surface area contributed by atoms with Gasteiger partial charge in [-0.1, -0.05) is 57.8 Å². The summed E-state index contributed by atoms with van der Waals surface area (Å²) in [6, 6.07) is 0.192. The van der Waals surface area contributed by atoms with Crippen LogP contribution in [0.1, 0.15) is 70.6 Å². The van der Waals surface area contributed by atoms with Crippen molar-refractivity contribution in [1.82, 2.24) is 5.32 Å². The molecule has 1 saturated carbocycles. The molecule has 0 aliphatic heterocycles. The van der Waals surface area contributed by atoms with Crippen LogP contribution in [-0.2, 0) is 0 Å². The lowest BCUT2D eigenvalue weighted by Gasteiger charge is -2.17. The fourth-order valence-corrected chi connectivity index (χ4v) is 2.48. The Hall–Kier alpha value is -0.440. The Morgan fingerprint density at radius 1 is 0.824 bits per heavy atom. The Bertz CT molecular complexity index is 188. The number of hydrogen-bond donors (Lipinski definition) is 2. The van der Waals surface area contributed by atoms with E-state index in [1.54, 1.807) is 0 Å². The SMILES string of the molecule is Cl.O=C(O)NC1CCCCCCCCCCC1. The van der Waals surface area contributed by atoms with E-state index in [4.69, 9.17) is 5.11 Å². The number of rotatable bonds is 1. The van der Waals surface area contributed by atoms with Gasteiger partial charge in [0.25, 0.3) is 0 Å². The Morgan fingerprint density at radius 3 is 1.53 bits per heavy atom. The van der Waals surface area contributed by atoms with Crippen molar-refractivity contribution in [3.63, 3.8) is 0 Å². The molecule has 0 radical (unpaired) electrons. The van der Waals surface area contributed by atoms with E-state index in [2.05, 4.69) is 5.32 Å². The summed E-state index contributed by atoms with van der Waals surface area (Å²) in [6.45, 7) is 0. The highest BCUT2D eigenvalue weighted by Crippen LogP contribution is 2.16. The molecule has 0 aromatic heterocycles. The Labute approximate surface area is 111 Å². The molecule has 0 heterocycles. The highest BCUT2D eigenvalue weighted by molar-refractivity contribution is 5.85. The van der Waals surface area contributed by atoms with Crippen molar-refractivity contribution in [2.24, 2.45) is 0 Å². The molecule has 1 rings (SSSR count). The summed E-state index contributed by atoms with van der Waals surface area (Å²) in [5.41, 5.74) is 0. The molecule has 17 heavy (non-hydrogen) atoms. The van der Waals surface area contributed by atoms with Crippen molar-refractivity contribution in [1.29, 1.82) is 0 Å². The molecule has 0 saturated heterocycles. The van der Waals surface area contributed by atoms with Crippen molar-refractivity contribution in [3.8, 4) is 0 Å². The molecule has 0 aromatic carbocycles. The molecular formula is C13H26ClNO2.